The first kappa shape index (κ1) is 18.3. The maximum atomic E-state index is 12.0. The van der Waals surface area contributed by atoms with Gasteiger partial charge in [-0.1, -0.05) is 18.7 Å². The molecule has 1 aliphatic rings. The number of ether oxygens (including phenoxy) is 2. The van der Waals surface area contributed by atoms with Crippen LogP contribution >= 0.6 is 46.1 Å². The second kappa shape index (κ2) is 8.20. The Kier molecular flexibility index (Phi) is 6.54. The molecule has 1 aromatic carbocycles. The monoisotopic (exact) mass is 463 g/mol. The molecule has 0 amide bonds. The van der Waals surface area contributed by atoms with Gasteiger partial charge < -0.3 is 9.47 Å². The minimum absolute atomic E-state index is 0.0704. The number of rotatable bonds is 4. The summed E-state index contributed by atoms with van der Waals surface area (Å²) >= 11 is 4.75. The van der Waals surface area contributed by atoms with Crippen LogP contribution in [0.2, 0.25) is 0 Å². The molecular formula is C15H14INO4S2. The summed E-state index contributed by atoms with van der Waals surface area (Å²) in [6.45, 7) is 3.35. The Balaban J connectivity index is 2.37. The van der Waals surface area contributed by atoms with Crippen LogP contribution < -0.4 is 9.47 Å². The first-order valence-corrected chi connectivity index (χ1v) is 9.54. The van der Waals surface area contributed by atoms with E-state index in [0.29, 0.717) is 20.8 Å². The Bertz CT molecular complexity index is 716. The number of carbonyl (C=O) groups is 2. The van der Waals surface area contributed by atoms with Crippen LogP contribution in [-0.2, 0) is 9.59 Å². The minimum atomic E-state index is -0.416. The number of halogens is 1. The second-order valence-electron chi connectivity index (χ2n) is 4.36. The van der Waals surface area contributed by atoms with Crippen molar-refractivity contribution in [1.29, 1.82) is 0 Å². The van der Waals surface area contributed by atoms with Crippen molar-refractivity contribution in [3.05, 3.63) is 27.0 Å². The normalized spacial score (nSPS) is 15.7. The molecule has 1 aromatic rings. The van der Waals surface area contributed by atoms with Crippen LogP contribution in [0.4, 0.5) is 0 Å². The van der Waals surface area contributed by atoms with Crippen LogP contribution in [0.25, 0.3) is 6.08 Å². The fourth-order valence-electron chi connectivity index (χ4n) is 1.80. The molecule has 122 valence electrons. The predicted molar refractivity (Wildman–Crippen MR) is 103 cm³/mol. The van der Waals surface area contributed by atoms with Gasteiger partial charge in [0.2, 0.25) is 5.12 Å². The lowest BCUT2D eigenvalue weighted by molar-refractivity contribution is -0.132. The van der Waals surface area contributed by atoms with Gasteiger partial charge in [0.25, 0.3) is 0 Å². The summed E-state index contributed by atoms with van der Waals surface area (Å²) in [6.07, 6.45) is 1.71. The lowest BCUT2D eigenvalue weighted by atomic mass is 10.1. The van der Waals surface area contributed by atoms with Gasteiger partial charge in [-0.15, -0.1) is 0 Å². The second-order valence-corrected chi connectivity index (χ2v) is 7.99. The largest absolute Gasteiger partial charge is 0.493 e. The highest BCUT2D eigenvalue weighted by molar-refractivity contribution is 14.1. The number of methoxy groups -OCH3 is 1. The van der Waals surface area contributed by atoms with Crippen molar-refractivity contribution in [2.45, 2.75) is 13.8 Å². The van der Waals surface area contributed by atoms with Crippen molar-refractivity contribution in [2.24, 2.45) is 4.99 Å². The van der Waals surface area contributed by atoms with Crippen molar-refractivity contribution < 1.29 is 19.1 Å². The van der Waals surface area contributed by atoms with Gasteiger partial charge in [0.05, 0.1) is 10.7 Å². The lowest BCUT2D eigenvalue weighted by Crippen LogP contribution is -2.05. The van der Waals surface area contributed by atoms with Crippen LogP contribution in [0.5, 0.6) is 11.5 Å². The van der Waals surface area contributed by atoms with Crippen molar-refractivity contribution in [2.75, 3.05) is 12.9 Å². The van der Waals surface area contributed by atoms with E-state index in [1.54, 1.807) is 23.9 Å². The Morgan fingerprint density at radius 1 is 1.48 bits per heavy atom. The van der Waals surface area contributed by atoms with Gasteiger partial charge in [-0.25, -0.2) is 4.99 Å². The number of benzene rings is 1. The molecule has 0 N–H and O–H groups in total. The van der Waals surface area contributed by atoms with E-state index in [2.05, 4.69) is 27.6 Å². The molecule has 0 aliphatic carbocycles. The molecule has 0 unspecified atom stereocenters. The Morgan fingerprint density at radius 3 is 2.83 bits per heavy atom. The molecule has 23 heavy (non-hydrogen) atoms. The van der Waals surface area contributed by atoms with E-state index in [-0.39, 0.29) is 5.12 Å². The summed E-state index contributed by atoms with van der Waals surface area (Å²) < 4.78 is 11.9. The number of carbonyl (C=O) groups excluding carboxylic acids is 2. The Labute approximate surface area is 156 Å². The molecule has 1 aliphatic heterocycles. The van der Waals surface area contributed by atoms with E-state index in [1.165, 1.54) is 14.0 Å². The van der Waals surface area contributed by atoms with Gasteiger partial charge >= 0.3 is 5.97 Å². The van der Waals surface area contributed by atoms with Crippen LogP contribution in [0.1, 0.15) is 19.4 Å². The molecule has 8 heteroatoms. The van der Waals surface area contributed by atoms with E-state index < -0.39 is 5.97 Å². The Morgan fingerprint density at radius 2 is 2.22 bits per heavy atom. The van der Waals surface area contributed by atoms with Gasteiger partial charge in [-0.2, -0.15) is 0 Å². The fourth-order valence-corrected chi connectivity index (χ4v) is 4.27. The van der Waals surface area contributed by atoms with E-state index in [4.69, 9.17) is 9.47 Å². The topological polar surface area (TPSA) is 65.0 Å². The maximum Gasteiger partial charge on any atom is 0.308 e. The van der Waals surface area contributed by atoms with Crippen LogP contribution in [-0.4, -0.2) is 28.3 Å². The molecule has 0 bridgehead atoms. The van der Waals surface area contributed by atoms with Crippen molar-refractivity contribution in [1.82, 2.24) is 0 Å². The van der Waals surface area contributed by atoms with Crippen LogP contribution in [0, 0.1) is 3.57 Å². The van der Waals surface area contributed by atoms with E-state index in [0.717, 1.165) is 27.5 Å². The third-order valence-electron chi connectivity index (χ3n) is 2.67. The standard InChI is InChI=1S/C15H14INO4S2/c1-4-22-15-17-11(14(19)23-15)6-9-5-10(16)13(21-8(2)18)12(7-9)20-3/h5-7H,4H2,1-3H3/b11-6+. The molecule has 0 fully saturated rings. The third kappa shape index (κ3) is 4.74. The predicted octanol–water partition coefficient (Wildman–Crippen LogP) is 3.95. The molecule has 0 saturated heterocycles. The number of hydrogen-bond acceptors (Lipinski definition) is 7. The number of esters is 1. The summed E-state index contributed by atoms with van der Waals surface area (Å²) in [6, 6.07) is 3.53. The third-order valence-corrected chi connectivity index (χ3v) is 5.36. The zero-order chi connectivity index (χ0) is 17.0. The maximum absolute atomic E-state index is 12.0. The van der Waals surface area contributed by atoms with Crippen LogP contribution in [0.15, 0.2) is 22.8 Å². The first-order valence-electron chi connectivity index (χ1n) is 6.66. The number of aliphatic imine (C=N–C) groups is 1. The number of thioether (sulfide) groups is 2. The van der Waals surface area contributed by atoms with Crippen molar-refractivity contribution in [3.8, 4) is 11.5 Å². The average Bonchev–Trinajstić information content (AvgIpc) is 2.81. The van der Waals surface area contributed by atoms with Crippen LogP contribution in [0.3, 0.4) is 0 Å². The highest BCUT2D eigenvalue weighted by Gasteiger charge is 2.22. The van der Waals surface area contributed by atoms with E-state index in [1.807, 2.05) is 13.0 Å². The van der Waals surface area contributed by atoms with E-state index in [9.17, 15) is 9.59 Å². The van der Waals surface area contributed by atoms with Crippen molar-refractivity contribution >= 4 is 67.7 Å². The van der Waals surface area contributed by atoms with Gasteiger partial charge in [0, 0.05) is 6.92 Å². The quantitative estimate of drug-likeness (QED) is 0.292. The number of hydrogen-bond donors (Lipinski definition) is 0. The van der Waals surface area contributed by atoms with Gasteiger partial charge in [-0.05, 0) is 63.9 Å². The molecular weight excluding hydrogens is 449 g/mol. The Hall–Kier alpha value is -1.000. The fraction of sp³-hybridized carbons (Fsp3) is 0.267. The highest BCUT2D eigenvalue weighted by Crippen LogP contribution is 2.36. The smallest absolute Gasteiger partial charge is 0.308 e. The van der Waals surface area contributed by atoms with Gasteiger partial charge in [0.1, 0.15) is 10.1 Å². The minimum Gasteiger partial charge on any atom is -0.493 e. The summed E-state index contributed by atoms with van der Waals surface area (Å²) in [5, 5.41) is -0.0704. The SMILES string of the molecule is CCSC1=N/C(=C/c2cc(I)c(OC(C)=O)c(OC)c2)C(=O)S1. The lowest BCUT2D eigenvalue weighted by Gasteiger charge is -2.11. The van der Waals surface area contributed by atoms with Crippen molar-refractivity contribution in [3.63, 3.8) is 0 Å². The zero-order valence-corrected chi connectivity index (χ0v) is 16.5. The highest BCUT2D eigenvalue weighted by atomic mass is 127. The molecule has 0 spiro atoms. The average molecular weight is 463 g/mol. The summed E-state index contributed by atoms with van der Waals surface area (Å²) in [7, 11) is 1.50. The first-order chi connectivity index (χ1) is 10.9. The van der Waals surface area contributed by atoms with E-state index >= 15 is 0 Å². The molecule has 1 heterocycles. The molecule has 2 rings (SSSR count). The molecule has 5 nitrogen and oxygen atoms in total. The number of nitrogens with zero attached hydrogens (tertiary/aromatic N) is 1. The summed E-state index contributed by atoms with van der Waals surface area (Å²) in [5.74, 6) is 1.26. The molecule has 0 aromatic heterocycles. The summed E-state index contributed by atoms with van der Waals surface area (Å²) in [4.78, 5) is 27.5. The zero-order valence-electron chi connectivity index (χ0n) is 12.7. The molecule has 0 atom stereocenters. The molecule has 0 saturated carbocycles. The summed E-state index contributed by atoms with van der Waals surface area (Å²) in [5.41, 5.74) is 1.17. The van der Waals surface area contributed by atoms with Gasteiger partial charge in [0.15, 0.2) is 11.5 Å². The van der Waals surface area contributed by atoms with Gasteiger partial charge in [-0.3, -0.25) is 9.59 Å². The molecule has 0 radical (unpaired) electrons.